The smallest absolute Gasteiger partial charge is 0.195 e. The summed E-state index contributed by atoms with van der Waals surface area (Å²) >= 11 is 8.77. The molecule has 1 rings (SSSR count). The lowest BCUT2D eigenvalue weighted by Gasteiger charge is -2.12. The Labute approximate surface area is 103 Å². The molecule has 1 atom stereocenters. The normalized spacial score (nSPS) is 12.3. The number of ketones is 1. The molecule has 4 heteroatoms. The van der Waals surface area contributed by atoms with Crippen LogP contribution in [0.4, 0.5) is 0 Å². The number of carbonyl (C=O) groups excluding carboxylic acids is 1. The van der Waals surface area contributed by atoms with Crippen LogP contribution in [0.3, 0.4) is 0 Å². The number of hydrogen-bond acceptors (Lipinski definition) is 2. The third-order valence-electron chi connectivity index (χ3n) is 2.11. The minimum atomic E-state index is -0.715. The van der Waals surface area contributed by atoms with E-state index >= 15 is 0 Å². The van der Waals surface area contributed by atoms with Crippen molar-refractivity contribution in [3.63, 3.8) is 0 Å². The Hall–Kier alpha value is -0.540. The maximum Gasteiger partial charge on any atom is 0.195 e. The number of halogens is 2. The van der Waals surface area contributed by atoms with Crippen LogP contribution >= 0.6 is 27.5 Å². The van der Waals surface area contributed by atoms with E-state index in [1.54, 1.807) is 7.11 Å². The van der Waals surface area contributed by atoms with Crippen LogP contribution in [-0.2, 0) is 0 Å². The van der Waals surface area contributed by atoms with Crippen molar-refractivity contribution in [1.29, 1.82) is 0 Å². The van der Waals surface area contributed by atoms with Gasteiger partial charge in [0.05, 0.1) is 12.7 Å². The molecule has 0 radical (unpaired) electrons. The summed E-state index contributed by atoms with van der Waals surface area (Å²) < 4.78 is 4.46. The summed E-state index contributed by atoms with van der Waals surface area (Å²) in [6.45, 7) is 3.82. The van der Waals surface area contributed by atoms with Gasteiger partial charge in [-0.3, -0.25) is 4.79 Å². The van der Waals surface area contributed by atoms with Crippen molar-refractivity contribution in [2.24, 2.45) is 0 Å². The van der Waals surface area contributed by atoms with Gasteiger partial charge < -0.3 is 4.74 Å². The van der Waals surface area contributed by atoms with Crippen LogP contribution in [-0.4, -0.2) is 17.2 Å². The van der Waals surface area contributed by atoms with Crippen LogP contribution in [0.25, 0.3) is 0 Å². The van der Waals surface area contributed by atoms with Gasteiger partial charge in [0.25, 0.3) is 0 Å². The minimum Gasteiger partial charge on any atom is -0.496 e. The summed E-state index contributed by atoms with van der Waals surface area (Å²) in [7, 11) is 1.54. The number of benzene rings is 1. The highest BCUT2D eigenvalue weighted by Gasteiger charge is 2.20. The molecule has 0 aliphatic heterocycles. The molecule has 1 unspecified atom stereocenters. The first-order chi connectivity index (χ1) is 6.97. The summed E-state index contributed by atoms with van der Waals surface area (Å²) in [6.07, 6.45) is 0. The van der Waals surface area contributed by atoms with E-state index in [-0.39, 0.29) is 5.78 Å². The maximum absolute atomic E-state index is 11.8. The summed E-state index contributed by atoms with van der Waals surface area (Å²) in [5.41, 5.74) is 2.48. The zero-order valence-electron chi connectivity index (χ0n) is 8.80. The van der Waals surface area contributed by atoms with Gasteiger partial charge in [0.2, 0.25) is 0 Å². The predicted octanol–water partition coefficient (Wildman–Crippen LogP) is 3.45. The molecule has 0 fully saturated rings. The van der Waals surface area contributed by atoms with Gasteiger partial charge in [-0.1, -0.05) is 22.0 Å². The number of ether oxygens (including phenoxy) is 1. The average Bonchev–Trinajstić information content (AvgIpc) is 2.15. The van der Waals surface area contributed by atoms with E-state index in [0.29, 0.717) is 11.3 Å². The van der Waals surface area contributed by atoms with Crippen molar-refractivity contribution < 1.29 is 9.53 Å². The third kappa shape index (κ3) is 2.73. The van der Waals surface area contributed by atoms with Crippen molar-refractivity contribution in [3.8, 4) is 5.75 Å². The SMILES string of the molecule is COc1cc(C)cc(C)c1C(=O)C(Cl)Br. The van der Waals surface area contributed by atoms with Gasteiger partial charge in [-0.05, 0) is 31.0 Å². The van der Waals surface area contributed by atoms with Crippen LogP contribution in [0.15, 0.2) is 12.1 Å². The number of Topliss-reactive ketones (excluding diaryl/α,β-unsaturated/α-hetero) is 1. The Bertz CT molecular complexity index is 388. The van der Waals surface area contributed by atoms with Crippen LogP contribution < -0.4 is 4.74 Å². The largest absolute Gasteiger partial charge is 0.496 e. The lowest BCUT2D eigenvalue weighted by molar-refractivity contribution is 0.101. The van der Waals surface area contributed by atoms with Crippen molar-refractivity contribution in [2.45, 2.75) is 18.1 Å². The molecular weight excluding hydrogens is 279 g/mol. The number of carbonyl (C=O) groups is 1. The van der Waals surface area contributed by atoms with Crippen molar-refractivity contribution >= 4 is 33.3 Å². The second-order valence-electron chi connectivity index (χ2n) is 3.32. The highest BCUT2D eigenvalue weighted by molar-refractivity contribution is 9.10. The highest BCUT2D eigenvalue weighted by atomic mass is 79.9. The van der Waals surface area contributed by atoms with E-state index in [0.717, 1.165) is 11.1 Å². The first-order valence-electron chi connectivity index (χ1n) is 4.45. The number of methoxy groups -OCH3 is 1. The molecule has 1 aromatic rings. The molecule has 82 valence electrons. The molecule has 0 aromatic heterocycles. The number of hydrogen-bond donors (Lipinski definition) is 0. The Balaban J connectivity index is 3.33. The molecular formula is C11H12BrClO2. The molecule has 0 N–H and O–H groups in total. The molecule has 0 aliphatic carbocycles. The standard InChI is InChI=1S/C11H12BrClO2/c1-6-4-7(2)9(8(5-6)15-3)10(14)11(12)13/h4-5,11H,1-3H3. The topological polar surface area (TPSA) is 26.3 Å². The first-order valence-corrected chi connectivity index (χ1v) is 5.80. The summed E-state index contributed by atoms with van der Waals surface area (Å²) in [5, 5.41) is 0. The van der Waals surface area contributed by atoms with Gasteiger partial charge in [-0.15, -0.1) is 11.6 Å². The summed E-state index contributed by atoms with van der Waals surface area (Å²) in [6, 6.07) is 3.76. The Kier molecular flexibility index (Phi) is 4.17. The van der Waals surface area contributed by atoms with Gasteiger partial charge in [0.1, 0.15) is 5.75 Å². The van der Waals surface area contributed by atoms with E-state index in [2.05, 4.69) is 15.9 Å². The zero-order valence-corrected chi connectivity index (χ0v) is 11.1. The molecule has 0 saturated heterocycles. The van der Waals surface area contributed by atoms with E-state index < -0.39 is 4.29 Å². The Morgan fingerprint density at radius 1 is 1.47 bits per heavy atom. The van der Waals surface area contributed by atoms with Gasteiger partial charge in [0.15, 0.2) is 10.1 Å². The van der Waals surface area contributed by atoms with Crippen LogP contribution in [0.2, 0.25) is 0 Å². The maximum atomic E-state index is 11.8. The van der Waals surface area contributed by atoms with E-state index in [4.69, 9.17) is 16.3 Å². The Morgan fingerprint density at radius 3 is 2.53 bits per heavy atom. The molecule has 2 nitrogen and oxygen atoms in total. The van der Waals surface area contributed by atoms with E-state index in [1.165, 1.54) is 0 Å². The highest BCUT2D eigenvalue weighted by Crippen LogP contribution is 2.27. The number of aryl methyl sites for hydroxylation is 2. The molecule has 0 aliphatic rings. The van der Waals surface area contributed by atoms with Gasteiger partial charge in [-0.25, -0.2) is 0 Å². The van der Waals surface area contributed by atoms with Gasteiger partial charge in [-0.2, -0.15) is 0 Å². The predicted molar refractivity (Wildman–Crippen MR) is 65.4 cm³/mol. The van der Waals surface area contributed by atoms with Gasteiger partial charge >= 0.3 is 0 Å². The fraction of sp³-hybridized carbons (Fsp3) is 0.364. The molecule has 15 heavy (non-hydrogen) atoms. The van der Waals surface area contributed by atoms with E-state index in [1.807, 2.05) is 26.0 Å². The summed E-state index contributed by atoms with van der Waals surface area (Å²) in [5.74, 6) is 0.397. The Morgan fingerprint density at radius 2 is 2.07 bits per heavy atom. The monoisotopic (exact) mass is 290 g/mol. The lowest BCUT2D eigenvalue weighted by Crippen LogP contribution is -2.11. The average molecular weight is 292 g/mol. The fourth-order valence-corrected chi connectivity index (χ4v) is 1.85. The fourth-order valence-electron chi connectivity index (χ4n) is 1.51. The van der Waals surface area contributed by atoms with Crippen LogP contribution in [0.5, 0.6) is 5.75 Å². The third-order valence-corrected chi connectivity index (χ3v) is 2.72. The molecule has 0 spiro atoms. The zero-order chi connectivity index (χ0) is 11.6. The number of alkyl halides is 2. The molecule has 0 amide bonds. The van der Waals surface area contributed by atoms with Crippen LogP contribution in [0, 0.1) is 13.8 Å². The molecule has 1 aromatic carbocycles. The lowest BCUT2D eigenvalue weighted by atomic mass is 10.0. The van der Waals surface area contributed by atoms with Crippen molar-refractivity contribution in [2.75, 3.05) is 7.11 Å². The molecule has 0 heterocycles. The quantitative estimate of drug-likeness (QED) is 0.630. The van der Waals surface area contributed by atoms with Crippen molar-refractivity contribution in [3.05, 3.63) is 28.8 Å². The van der Waals surface area contributed by atoms with Crippen molar-refractivity contribution in [1.82, 2.24) is 0 Å². The molecule has 0 bridgehead atoms. The minimum absolute atomic E-state index is 0.175. The second-order valence-corrected chi connectivity index (χ2v) is 5.20. The second kappa shape index (κ2) is 4.99. The molecule has 0 saturated carbocycles. The first kappa shape index (κ1) is 12.5. The van der Waals surface area contributed by atoms with Crippen LogP contribution in [0.1, 0.15) is 21.5 Å². The number of rotatable bonds is 3. The summed E-state index contributed by atoms with van der Waals surface area (Å²) in [4.78, 5) is 11.8. The van der Waals surface area contributed by atoms with E-state index in [9.17, 15) is 4.79 Å². The van der Waals surface area contributed by atoms with Gasteiger partial charge in [0, 0.05) is 0 Å².